The minimum Gasteiger partial charge on any atom is -0.328 e. The number of halogens is 2. The lowest BCUT2D eigenvalue weighted by Gasteiger charge is -2.30. The van der Waals surface area contributed by atoms with Gasteiger partial charge in [-0.2, -0.15) is 5.10 Å². The first-order valence-electron chi connectivity index (χ1n) is 8.24. The quantitative estimate of drug-likeness (QED) is 0.828. The summed E-state index contributed by atoms with van der Waals surface area (Å²) in [7, 11) is 0. The van der Waals surface area contributed by atoms with E-state index in [1.165, 1.54) is 11.1 Å². The third-order valence-electron chi connectivity index (χ3n) is 4.36. The number of benzene rings is 2. The van der Waals surface area contributed by atoms with Crippen LogP contribution in [0.15, 0.2) is 47.6 Å². The molecule has 0 radical (unpaired) electrons. The fourth-order valence-electron chi connectivity index (χ4n) is 2.86. The number of quaternary nitrogens is 1. The maximum Gasteiger partial charge on any atom is 0.103 e. The van der Waals surface area contributed by atoms with Crippen LogP contribution in [-0.2, 0) is 6.54 Å². The molecule has 2 aromatic rings. The van der Waals surface area contributed by atoms with Crippen LogP contribution in [-0.4, -0.2) is 37.4 Å². The second-order valence-corrected chi connectivity index (χ2v) is 7.04. The maximum atomic E-state index is 6.19. The lowest BCUT2D eigenvalue weighted by atomic mass is 10.1. The van der Waals surface area contributed by atoms with E-state index in [-0.39, 0.29) is 0 Å². The van der Waals surface area contributed by atoms with E-state index in [1.54, 1.807) is 17.2 Å². The van der Waals surface area contributed by atoms with Gasteiger partial charge in [0.25, 0.3) is 0 Å². The molecule has 1 heterocycles. The molecule has 1 fully saturated rings. The highest BCUT2D eigenvalue weighted by Gasteiger charge is 2.18. The Hall–Kier alpha value is -1.55. The molecule has 2 aromatic carbocycles. The van der Waals surface area contributed by atoms with Crippen molar-refractivity contribution >= 4 is 29.4 Å². The van der Waals surface area contributed by atoms with E-state index in [2.05, 4.69) is 41.3 Å². The first-order chi connectivity index (χ1) is 11.6. The Morgan fingerprint density at radius 1 is 1.08 bits per heavy atom. The van der Waals surface area contributed by atoms with Crippen molar-refractivity contribution in [1.29, 1.82) is 0 Å². The number of piperazine rings is 1. The van der Waals surface area contributed by atoms with Crippen LogP contribution in [0.4, 0.5) is 0 Å². The van der Waals surface area contributed by atoms with Crippen molar-refractivity contribution in [2.24, 2.45) is 5.10 Å². The van der Waals surface area contributed by atoms with Crippen LogP contribution in [0.3, 0.4) is 0 Å². The summed E-state index contributed by atoms with van der Waals surface area (Å²) in [6.07, 6.45) is 1.80. The van der Waals surface area contributed by atoms with Crippen LogP contribution >= 0.6 is 23.2 Å². The first-order valence-corrected chi connectivity index (χ1v) is 8.99. The topological polar surface area (TPSA) is 20.0 Å². The van der Waals surface area contributed by atoms with E-state index in [0.717, 1.165) is 38.3 Å². The molecular weight excluding hydrogens is 341 g/mol. The molecule has 0 aliphatic carbocycles. The molecule has 0 bridgehead atoms. The molecule has 3 nitrogen and oxygen atoms in total. The normalized spacial score (nSPS) is 16.0. The van der Waals surface area contributed by atoms with Gasteiger partial charge in [-0.3, -0.25) is 5.01 Å². The molecule has 0 atom stereocenters. The van der Waals surface area contributed by atoms with Gasteiger partial charge in [-0.25, -0.2) is 0 Å². The van der Waals surface area contributed by atoms with Crippen LogP contribution in [0.5, 0.6) is 0 Å². The van der Waals surface area contributed by atoms with Crippen molar-refractivity contribution in [3.05, 3.63) is 69.2 Å². The molecular formula is C19H22Cl2N3+. The molecule has 0 aromatic heterocycles. The van der Waals surface area contributed by atoms with Crippen LogP contribution in [0.2, 0.25) is 10.0 Å². The Morgan fingerprint density at radius 2 is 1.79 bits per heavy atom. The van der Waals surface area contributed by atoms with Crippen molar-refractivity contribution in [1.82, 2.24) is 5.01 Å². The van der Waals surface area contributed by atoms with Gasteiger partial charge in [0.15, 0.2) is 0 Å². The molecule has 0 saturated carbocycles. The smallest absolute Gasteiger partial charge is 0.103 e. The van der Waals surface area contributed by atoms with Crippen LogP contribution < -0.4 is 4.90 Å². The van der Waals surface area contributed by atoms with Crippen molar-refractivity contribution in [3.63, 3.8) is 0 Å². The number of hydrogen-bond acceptors (Lipinski definition) is 2. The fraction of sp³-hybridized carbons (Fsp3) is 0.316. The summed E-state index contributed by atoms with van der Waals surface area (Å²) in [6, 6.07) is 14.4. The van der Waals surface area contributed by atoms with E-state index >= 15 is 0 Å². The summed E-state index contributed by atoms with van der Waals surface area (Å²) in [4.78, 5) is 1.60. The third-order valence-corrected chi connectivity index (χ3v) is 5.20. The van der Waals surface area contributed by atoms with E-state index in [4.69, 9.17) is 23.2 Å². The Balaban J connectivity index is 1.52. The molecule has 126 valence electrons. The second kappa shape index (κ2) is 8.02. The number of hydrogen-bond donors (Lipinski definition) is 1. The second-order valence-electron chi connectivity index (χ2n) is 6.25. The van der Waals surface area contributed by atoms with E-state index < -0.39 is 0 Å². The highest BCUT2D eigenvalue weighted by Crippen LogP contribution is 2.24. The van der Waals surface area contributed by atoms with Gasteiger partial charge in [0.1, 0.15) is 6.54 Å². The summed E-state index contributed by atoms with van der Waals surface area (Å²) >= 11 is 12.2. The van der Waals surface area contributed by atoms with Crippen molar-refractivity contribution in [3.8, 4) is 0 Å². The molecule has 1 aliphatic rings. The number of rotatable bonds is 4. The highest BCUT2D eigenvalue weighted by atomic mass is 35.5. The van der Waals surface area contributed by atoms with Crippen LogP contribution in [0.1, 0.15) is 16.7 Å². The monoisotopic (exact) mass is 362 g/mol. The maximum absolute atomic E-state index is 6.19. The van der Waals surface area contributed by atoms with Gasteiger partial charge in [0, 0.05) is 11.1 Å². The summed E-state index contributed by atoms with van der Waals surface area (Å²) < 4.78 is 0. The summed E-state index contributed by atoms with van der Waals surface area (Å²) in [5.41, 5.74) is 3.57. The van der Waals surface area contributed by atoms with E-state index in [1.807, 2.05) is 12.1 Å². The van der Waals surface area contributed by atoms with Gasteiger partial charge in [-0.05, 0) is 13.0 Å². The summed E-state index contributed by atoms with van der Waals surface area (Å²) in [5, 5.41) is 7.79. The Kier molecular flexibility index (Phi) is 5.77. The van der Waals surface area contributed by atoms with Crippen molar-refractivity contribution < 1.29 is 4.90 Å². The lowest BCUT2D eigenvalue weighted by molar-refractivity contribution is -0.918. The zero-order valence-electron chi connectivity index (χ0n) is 13.8. The number of aryl methyl sites for hydroxylation is 1. The Labute approximate surface area is 153 Å². The zero-order valence-corrected chi connectivity index (χ0v) is 15.3. The van der Waals surface area contributed by atoms with Gasteiger partial charge in [0.05, 0.1) is 42.4 Å². The van der Waals surface area contributed by atoms with Crippen molar-refractivity contribution in [2.45, 2.75) is 13.5 Å². The van der Waals surface area contributed by atoms with Crippen LogP contribution in [0.25, 0.3) is 0 Å². The first kappa shape index (κ1) is 17.3. The molecule has 0 spiro atoms. The summed E-state index contributed by atoms with van der Waals surface area (Å²) in [5.74, 6) is 0. The van der Waals surface area contributed by atoms with Gasteiger partial charge in [0.2, 0.25) is 0 Å². The molecule has 1 N–H and O–H groups in total. The largest absolute Gasteiger partial charge is 0.328 e. The average molecular weight is 363 g/mol. The van der Waals surface area contributed by atoms with Gasteiger partial charge in [-0.15, -0.1) is 0 Å². The molecule has 1 aliphatic heterocycles. The Bertz CT molecular complexity index is 705. The van der Waals surface area contributed by atoms with Crippen LogP contribution in [0, 0.1) is 6.92 Å². The SMILES string of the molecule is Cc1ccc(C[NH+]2CCN(/N=C\c3cccc(Cl)c3Cl)CC2)cc1. The van der Waals surface area contributed by atoms with Gasteiger partial charge < -0.3 is 4.90 Å². The Morgan fingerprint density at radius 3 is 2.50 bits per heavy atom. The highest BCUT2D eigenvalue weighted by molar-refractivity contribution is 6.43. The average Bonchev–Trinajstić information content (AvgIpc) is 2.59. The predicted molar refractivity (Wildman–Crippen MR) is 101 cm³/mol. The number of hydrazone groups is 1. The van der Waals surface area contributed by atoms with E-state index in [0.29, 0.717) is 10.0 Å². The van der Waals surface area contributed by atoms with Gasteiger partial charge >= 0.3 is 0 Å². The molecule has 0 amide bonds. The number of nitrogens with zero attached hydrogens (tertiary/aromatic N) is 2. The van der Waals surface area contributed by atoms with Gasteiger partial charge in [-0.1, -0.05) is 65.2 Å². The van der Waals surface area contributed by atoms with E-state index in [9.17, 15) is 0 Å². The molecule has 1 saturated heterocycles. The fourth-order valence-corrected chi connectivity index (χ4v) is 3.22. The molecule has 24 heavy (non-hydrogen) atoms. The number of nitrogens with one attached hydrogen (secondary N) is 1. The molecule has 5 heteroatoms. The minimum atomic E-state index is 0.562. The standard InChI is InChI=1S/C19H21Cl2N3/c1-15-5-7-16(8-6-15)14-23-9-11-24(12-10-23)22-13-17-3-2-4-18(20)19(17)21/h2-8,13H,9-12,14H2,1H3/p+1/b22-13-. The predicted octanol–water partition coefficient (Wildman–Crippen LogP) is 3.04. The minimum absolute atomic E-state index is 0.562. The van der Waals surface area contributed by atoms with Crippen molar-refractivity contribution in [2.75, 3.05) is 26.2 Å². The third kappa shape index (κ3) is 4.50. The zero-order chi connectivity index (χ0) is 16.9. The lowest BCUT2D eigenvalue weighted by Crippen LogP contribution is -3.13. The molecule has 0 unspecified atom stereocenters. The summed E-state index contributed by atoms with van der Waals surface area (Å²) in [6.45, 7) is 7.30. The molecule has 3 rings (SSSR count).